The second-order valence-corrected chi connectivity index (χ2v) is 8.75. The van der Waals surface area contributed by atoms with Crippen LogP contribution in [0.1, 0.15) is 11.1 Å². The number of anilines is 1. The lowest BCUT2D eigenvalue weighted by atomic mass is 10.1. The second-order valence-electron chi connectivity index (χ2n) is 7.09. The van der Waals surface area contributed by atoms with Crippen molar-refractivity contribution in [3.05, 3.63) is 100 Å². The van der Waals surface area contributed by atoms with Crippen molar-refractivity contribution in [3.8, 4) is 5.75 Å². The molecular formula is C23H18N4O4S. The summed E-state index contributed by atoms with van der Waals surface area (Å²) in [5, 5.41) is 18.6. The normalized spacial score (nSPS) is 15.8. The quantitative estimate of drug-likeness (QED) is 0.346. The van der Waals surface area contributed by atoms with Crippen molar-refractivity contribution in [2.45, 2.75) is 4.90 Å². The van der Waals surface area contributed by atoms with Crippen LogP contribution in [0.15, 0.2) is 98.1 Å². The average Bonchev–Trinajstić information content (AvgIpc) is 2.79. The molecule has 0 fully saturated rings. The lowest BCUT2D eigenvalue weighted by molar-refractivity contribution is 0.478. The number of fused-ring (bicyclic) bond motifs is 2. The third kappa shape index (κ3) is 3.34. The lowest BCUT2D eigenvalue weighted by Crippen LogP contribution is -2.31. The van der Waals surface area contributed by atoms with E-state index in [1.54, 1.807) is 48.5 Å². The molecule has 0 radical (unpaired) electrons. The SMILES string of the molecule is O=c1c(C2=NS(O)(O)c3ccccc3N2)c(O)c2ccccc2n1N=Cc1ccccc1. The molecule has 1 aliphatic rings. The van der Waals surface area contributed by atoms with E-state index >= 15 is 0 Å². The lowest BCUT2D eigenvalue weighted by Gasteiger charge is -2.34. The summed E-state index contributed by atoms with van der Waals surface area (Å²) in [5.41, 5.74) is 0.713. The van der Waals surface area contributed by atoms with Gasteiger partial charge in [0.2, 0.25) is 0 Å². The van der Waals surface area contributed by atoms with Crippen LogP contribution >= 0.6 is 10.8 Å². The zero-order valence-corrected chi connectivity index (χ0v) is 17.4. The molecule has 0 spiro atoms. The van der Waals surface area contributed by atoms with E-state index in [1.165, 1.54) is 6.21 Å². The van der Waals surface area contributed by atoms with E-state index in [9.17, 15) is 19.0 Å². The average molecular weight is 446 g/mol. The Hall–Kier alpha value is -3.92. The Kier molecular flexibility index (Phi) is 4.78. The molecule has 1 aromatic heterocycles. The molecule has 4 aromatic rings. The first-order valence-electron chi connectivity index (χ1n) is 9.66. The molecule has 9 heteroatoms. The number of para-hydroxylation sites is 2. The van der Waals surface area contributed by atoms with Gasteiger partial charge in [-0.15, -0.1) is 4.40 Å². The highest BCUT2D eigenvalue weighted by Gasteiger charge is 2.30. The number of aromatic hydroxyl groups is 1. The smallest absolute Gasteiger partial charge is 0.286 e. The van der Waals surface area contributed by atoms with Crippen molar-refractivity contribution in [2.24, 2.45) is 9.50 Å². The fourth-order valence-electron chi connectivity index (χ4n) is 3.55. The number of rotatable bonds is 3. The van der Waals surface area contributed by atoms with Gasteiger partial charge in [0.05, 0.1) is 17.4 Å². The van der Waals surface area contributed by atoms with Crippen LogP contribution in [0.25, 0.3) is 10.9 Å². The van der Waals surface area contributed by atoms with E-state index in [2.05, 4.69) is 14.8 Å². The predicted octanol–water partition coefficient (Wildman–Crippen LogP) is 4.49. The largest absolute Gasteiger partial charge is 0.506 e. The molecule has 3 aromatic carbocycles. The molecule has 0 aliphatic carbocycles. The van der Waals surface area contributed by atoms with E-state index < -0.39 is 16.3 Å². The van der Waals surface area contributed by atoms with E-state index in [4.69, 9.17) is 0 Å². The summed E-state index contributed by atoms with van der Waals surface area (Å²) in [7, 11) is -3.57. The molecule has 0 saturated heterocycles. The number of nitrogens with one attached hydrogen (secondary N) is 1. The van der Waals surface area contributed by atoms with Crippen LogP contribution in [-0.2, 0) is 0 Å². The summed E-state index contributed by atoms with van der Waals surface area (Å²) in [6.45, 7) is 0. The van der Waals surface area contributed by atoms with Crippen LogP contribution in [-0.4, -0.2) is 30.9 Å². The molecule has 32 heavy (non-hydrogen) atoms. The topological polar surface area (TPSA) is 119 Å². The fraction of sp³-hybridized carbons (Fsp3) is 0. The summed E-state index contributed by atoms with van der Waals surface area (Å²) < 4.78 is 26.3. The fourth-order valence-corrected chi connectivity index (χ4v) is 4.71. The number of aromatic nitrogens is 1. The number of hydrogen-bond donors (Lipinski definition) is 4. The van der Waals surface area contributed by atoms with Gasteiger partial charge in [-0.25, -0.2) is 0 Å². The Morgan fingerprint density at radius 1 is 0.938 bits per heavy atom. The summed E-state index contributed by atoms with van der Waals surface area (Å²) in [6.07, 6.45) is 1.54. The molecular weight excluding hydrogens is 428 g/mol. The van der Waals surface area contributed by atoms with Gasteiger partial charge in [-0.1, -0.05) is 65.4 Å². The molecule has 0 amide bonds. The summed E-state index contributed by atoms with van der Waals surface area (Å²) in [5.74, 6) is -0.460. The molecule has 1 aliphatic heterocycles. The molecule has 0 saturated carbocycles. The van der Waals surface area contributed by atoms with E-state index in [-0.39, 0.29) is 22.0 Å². The summed E-state index contributed by atoms with van der Waals surface area (Å²) >= 11 is 0. The number of hydrogen-bond acceptors (Lipinski definition) is 7. The number of benzene rings is 3. The first-order chi connectivity index (χ1) is 15.5. The minimum absolute atomic E-state index is 0.138. The summed E-state index contributed by atoms with van der Waals surface area (Å²) in [4.78, 5) is 13.7. The number of nitrogens with zero attached hydrogens (tertiary/aromatic N) is 3. The van der Waals surface area contributed by atoms with Crippen LogP contribution in [0.4, 0.5) is 5.69 Å². The van der Waals surface area contributed by atoms with Crippen molar-refractivity contribution in [1.82, 2.24) is 4.68 Å². The Labute approximate surface area is 184 Å². The van der Waals surface area contributed by atoms with Crippen LogP contribution in [0.5, 0.6) is 5.75 Å². The van der Waals surface area contributed by atoms with Gasteiger partial charge in [0, 0.05) is 5.39 Å². The molecule has 160 valence electrons. The van der Waals surface area contributed by atoms with Crippen LogP contribution in [0, 0.1) is 0 Å². The van der Waals surface area contributed by atoms with Crippen LogP contribution < -0.4 is 10.9 Å². The van der Waals surface area contributed by atoms with Gasteiger partial charge < -0.3 is 10.4 Å². The third-order valence-corrected chi connectivity index (χ3v) is 6.43. The summed E-state index contributed by atoms with van der Waals surface area (Å²) in [6, 6.07) is 22.6. The maximum atomic E-state index is 13.5. The zero-order chi connectivity index (χ0) is 22.3. The van der Waals surface area contributed by atoms with Crippen LogP contribution in [0.2, 0.25) is 0 Å². The first kappa shape index (κ1) is 20.0. The molecule has 0 bridgehead atoms. The van der Waals surface area contributed by atoms with Gasteiger partial charge in [0.25, 0.3) is 5.56 Å². The van der Waals surface area contributed by atoms with Gasteiger partial charge in [-0.2, -0.15) is 9.78 Å². The third-order valence-electron chi connectivity index (χ3n) is 5.04. The van der Waals surface area contributed by atoms with Gasteiger partial charge in [-0.05, 0) is 29.8 Å². The Morgan fingerprint density at radius 3 is 2.44 bits per heavy atom. The highest BCUT2D eigenvalue weighted by molar-refractivity contribution is 8.23. The Balaban J connectivity index is 1.74. The van der Waals surface area contributed by atoms with Crippen molar-refractivity contribution in [1.29, 1.82) is 0 Å². The molecule has 2 heterocycles. The van der Waals surface area contributed by atoms with Crippen molar-refractivity contribution in [2.75, 3.05) is 5.32 Å². The number of pyridine rings is 1. The monoisotopic (exact) mass is 446 g/mol. The molecule has 5 rings (SSSR count). The minimum Gasteiger partial charge on any atom is -0.506 e. The minimum atomic E-state index is -3.57. The van der Waals surface area contributed by atoms with E-state index in [0.717, 1.165) is 10.2 Å². The number of amidine groups is 1. The van der Waals surface area contributed by atoms with E-state index in [0.29, 0.717) is 16.6 Å². The molecule has 8 nitrogen and oxygen atoms in total. The van der Waals surface area contributed by atoms with Gasteiger partial charge >= 0.3 is 0 Å². The van der Waals surface area contributed by atoms with Gasteiger partial charge in [0.15, 0.2) is 5.84 Å². The van der Waals surface area contributed by atoms with Gasteiger partial charge in [-0.3, -0.25) is 13.9 Å². The molecule has 0 atom stereocenters. The predicted molar refractivity (Wildman–Crippen MR) is 127 cm³/mol. The van der Waals surface area contributed by atoms with Crippen molar-refractivity contribution >= 4 is 39.4 Å². The molecule has 0 unspecified atom stereocenters. The van der Waals surface area contributed by atoms with Gasteiger partial charge in [0.1, 0.15) is 16.2 Å². The second kappa shape index (κ2) is 7.65. The maximum absolute atomic E-state index is 13.5. The standard InChI is InChI=1S/C23H18N4O4S/c28-21-16-10-4-6-12-18(16)27(24-14-15-8-2-1-3-9-15)23(29)20(21)22-25-17-11-5-7-13-19(17)32(30,31)26-22/h1-14,28,30-31H,(H,25,26). The zero-order valence-electron chi connectivity index (χ0n) is 16.6. The Bertz CT molecular complexity index is 1460. The van der Waals surface area contributed by atoms with Crippen molar-refractivity contribution in [3.63, 3.8) is 0 Å². The Morgan fingerprint density at radius 2 is 1.62 bits per heavy atom. The van der Waals surface area contributed by atoms with Crippen molar-refractivity contribution < 1.29 is 14.2 Å². The highest BCUT2D eigenvalue weighted by Crippen LogP contribution is 2.55. The maximum Gasteiger partial charge on any atom is 0.286 e. The van der Waals surface area contributed by atoms with E-state index in [1.807, 2.05) is 30.3 Å². The van der Waals surface area contributed by atoms with Crippen LogP contribution in [0.3, 0.4) is 0 Å². The highest BCUT2D eigenvalue weighted by atomic mass is 32.3. The first-order valence-corrected chi connectivity index (χ1v) is 11.2. The molecule has 4 N–H and O–H groups in total.